The molecule has 10 nitrogen and oxygen atoms in total. The Labute approximate surface area is 197 Å². The number of rotatable bonds is 9. The normalized spacial score (nSPS) is 12.6. The second-order valence-corrected chi connectivity index (χ2v) is 8.88. The number of nitrogens with one attached hydrogen (secondary N) is 2. The molecule has 1 aromatic carbocycles. The molecule has 0 radical (unpaired) electrons. The maximum absolute atomic E-state index is 11.8. The molecule has 4 aromatic rings. The molecule has 0 aliphatic rings. The van der Waals surface area contributed by atoms with Crippen molar-refractivity contribution in [3.63, 3.8) is 0 Å². The van der Waals surface area contributed by atoms with Crippen LogP contribution in [0.5, 0.6) is 0 Å². The summed E-state index contributed by atoms with van der Waals surface area (Å²) >= 11 is 0. The van der Waals surface area contributed by atoms with Crippen molar-refractivity contribution in [2.45, 2.75) is 53.6 Å². The fourth-order valence-corrected chi connectivity index (χ4v) is 4.02. The number of unbranched alkanes of at least 4 members (excludes halogenated alkanes) is 1. The first kappa shape index (κ1) is 23.6. The Morgan fingerprint density at radius 3 is 2.62 bits per heavy atom. The van der Waals surface area contributed by atoms with Gasteiger partial charge in [0.05, 0.1) is 16.7 Å². The highest BCUT2D eigenvalue weighted by Crippen LogP contribution is 2.30. The van der Waals surface area contributed by atoms with E-state index in [2.05, 4.69) is 32.1 Å². The van der Waals surface area contributed by atoms with Crippen LogP contribution in [-0.2, 0) is 4.79 Å². The van der Waals surface area contributed by atoms with E-state index >= 15 is 0 Å². The van der Waals surface area contributed by atoms with Crippen molar-refractivity contribution in [2.24, 2.45) is 5.92 Å². The Morgan fingerprint density at radius 1 is 1.15 bits per heavy atom. The number of aliphatic hydroxyl groups excluding tert-OH is 1. The summed E-state index contributed by atoms with van der Waals surface area (Å²) in [5, 5.41) is 28.6. The molecule has 3 N–H and O–H groups in total. The summed E-state index contributed by atoms with van der Waals surface area (Å²) in [7, 11) is 0. The monoisotopic (exact) mass is 465 g/mol. The second kappa shape index (κ2) is 9.76. The number of hydrogen-bond donors (Lipinski definition) is 3. The third-order valence-electron chi connectivity index (χ3n) is 5.90. The van der Waals surface area contributed by atoms with Crippen molar-refractivity contribution < 1.29 is 14.4 Å². The SMILES string of the molecule is Cc1noc(C)c1-c1ccc2nc(NCCCCNC(=O)[C@@H](O)C(C)C)c3nnc(C)n3c2c1. The molecule has 180 valence electrons. The van der Waals surface area contributed by atoms with Crippen molar-refractivity contribution in [2.75, 3.05) is 18.4 Å². The van der Waals surface area contributed by atoms with Crippen molar-refractivity contribution in [3.8, 4) is 11.1 Å². The van der Waals surface area contributed by atoms with E-state index in [4.69, 9.17) is 9.51 Å². The minimum Gasteiger partial charge on any atom is -0.383 e. The first-order chi connectivity index (χ1) is 16.3. The summed E-state index contributed by atoms with van der Waals surface area (Å²) in [6.07, 6.45) is 0.629. The minimum atomic E-state index is -0.970. The van der Waals surface area contributed by atoms with Crippen molar-refractivity contribution >= 4 is 28.4 Å². The van der Waals surface area contributed by atoms with E-state index in [0.717, 1.165) is 52.3 Å². The average molecular weight is 466 g/mol. The van der Waals surface area contributed by atoms with Gasteiger partial charge in [-0.05, 0) is 57.2 Å². The fourth-order valence-electron chi connectivity index (χ4n) is 4.02. The van der Waals surface area contributed by atoms with Crippen LogP contribution >= 0.6 is 0 Å². The molecule has 0 saturated heterocycles. The van der Waals surface area contributed by atoms with Crippen LogP contribution in [0.15, 0.2) is 22.7 Å². The van der Waals surface area contributed by atoms with Gasteiger partial charge in [-0.1, -0.05) is 25.1 Å². The van der Waals surface area contributed by atoms with Gasteiger partial charge in [-0.15, -0.1) is 10.2 Å². The van der Waals surface area contributed by atoms with Crippen LogP contribution in [0.1, 0.15) is 44.0 Å². The van der Waals surface area contributed by atoms with Gasteiger partial charge in [0.25, 0.3) is 0 Å². The van der Waals surface area contributed by atoms with Gasteiger partial charge in [0.15, 0.2) is 5.82 Å². The van der Waals surface area contributed by atoms with E-state index in [1.165, 1.54) is 0 Å². The third kappa shape index (κ3) is 4.58. The molecule has 34 heavy (non-hydrogen) atoms. The molecular formula is C24H31N7O3. The van der Waals surface area contributed by atoms with Crippen LogP contribution in [0.25, 0.3) is 27.8 Å². The van der Waals surface area contributed by atoms with E-state index in [1.54, 1.807) is 0 Å². The number of benzene rings is 1. The van der Waals surface area contributed by atoms with Crippen LogP contribution in [0.2, 0.25) is 0 Å². The zero-order valence-corrected chi connectivity index (χ0v) is 20.2. The zero-order chi connectivity index (χ0) is 24.4. The molecule has 4 rings (SSSR count). The molecule has 0 spiro atoms. The molecule has 0 saturated carbocycles. The Hall–Kier alpha value is -3.53. The molecule has 3 heterocycles. The smallest absolute Gasteiger partial charge is 0.249 e. The Kier molecular flexibility index (Phi) is 6.78. The lowest BCUT2D eigenvalue weighted by atomic mass is 10.0. The number of anilines is 1. The van der Waals surface area contributed by atoms with E-state index in [1.807, 2.05) is 51.2 Å². The summed E-state index contributed by atoms with van der Waals surface area (Å²) in [6.45, 7) is 10.6. The largest absolute Gasteiger partial charge is 0.383 e. The molecule has 3 aromatic heterocycles. The molecule has 1 amide bonds. The van der Waals surface area contributed by atoms with Crippen LogP contribution in [-0.4, -0.2) is 54.9 Å². The van der Waals surface area contributed by atoms with E-state index < -0.39 is 6.10 Å². The maximum Gasteiger partial charge on any atom is 0.249 e. The molecule has 0 aliphatic heterocycles. The molecule has 1 atom stereocenters. The summed E-state index contributed by atoms with van der Waals surface area (Å²) in [5.74, 6) is 1.78. The van der Waals surface area contributed by atoms with Gasteiger partial charge >= 0.3 is 0 Å². The van der Waals surface area contributed by atoms with Crippen molar-refractivity contribution in [1.29, 1.82) is 0 Å². The lowest BCUT2D eigenvalue weighted by Gasteiger charge is -2.14. The first-order valence-corrected chi connectivity index (χ1v) is 11.6. The summed E-state index contributed by atoms with van der Waals surface area (Å²) in [5.41, 5.74) is 5.22. The highest BCUT2D eigenvalue weighted by molar-refractivity contribution is 5.87. The van der Waals surface area contributed by atoms with Crippen molar-refractivity contribution in [1.82, 2.24) is 30.1 Å². The van der Waals surface area contributed by atoms with Gasteiger partial charge in [-0.2, -0.15) is 0 Å². The Morgan fingerprint density at radius 2 is 1.91 bits per heavy atom. The lowest BCUT2D eigenvalue weighted by molar-refractivity contribution is -0.131. The summed E-state index contributed by atoms with van der Waals surface area (Å²) < 4.78 is 7.34. The van der Waals surface area contributed by atoms with Gasteiger partial charge in [-0.3, -0.25) is 9.20 Å². The second-order valence-electron chi connectivity index (χ2n) is 8.88. The number of amides is 1. The quantitative estimate of drug-likeness (QED) is 0.321. The number of fused-ring (bicyclic) bond motifs is 3. The maximum atomic E-state index is 11.8. The number of hydrogen-bond acceptors (Lipinski definition) is 8. The van der Waals surface area contributed by atoms with E-state index in [-0.39, 0.29) is 11.8 Å². The lowest BCUT2D eigenvalue weighted by Crippen LogP contribution is -2.38. The third-order valence-corrected chi connectivity index (χ3v) is 5.90. The number of aryl methyl sites for hydroxylation is 3. The van der Waals surface area contributed by atoms with Crippen LogP contribution in [0, 0.1) is 26.7 Å². The topological polar surface area (TPSA) is 130 Å². The zero-order valence-electron chi connectivity index (χ0n) is 20.2. The van der Waals surface area contributed by atoms with Crippen LogP contribution in [0.3, 0.4) is 0 Å². The number of aromatic nitrogens is 5. The van der Waals surface area contributed by atoms with E-state index in [9.17, 15) is 9.90 Å². The minimum absolute atomic E-state index is 0.102. The Bertz CT molecular complexity index is 1310. The fraction of sp³-hybridized carbons (Fsp3) is 0.458. The standard InChI is InChI=1S/C24H31N7O3/c1-13(2)21(32)24(33)26-11-7-6-10-25-22-23-29-28-16(5)31(23)19-12-17(8-9-18(19)27-22)20-14(3)30-34-15(20)4/h8-9,12-13,21,32H,6-7,10-11H2,1-5H3,(H,25,27)(H,26,33)/t21-/m0/s1. The molecule has 0 aliphatic carbocycles. The first-order valence-electron chi connectivity index (χ1n) is 11.6. The number of aliphatic hydroxyl groups is 1. The van der Waals surface area contributed by atoms with Gasteiger partial charge in [0, 0.05) is 18.7 Å². The van der Waals surface area contributed by atoms with Crippen LogP contribution < -0.4 is 10.6 Å². The number of carbonyl (C=O) groups is 1. The van der Waals surface area contributed by atoms with Gasteiger partial charge < -0.3 is 20.3 Å². The van der Waals surface area contributed by atoms with Gasteiger partial charge in [0.2, 0.25) is 11.6 Å². The van der Waals surface area contributed by atoms with Gasteiger partial charge in [-0.25, -0.2) is 4.98 Å². The van der Waals surface area contributed by atoms with Crippen molar-refractivity contribution in [3.05, 3.63) is 35.5 Å². The predicted octanol–water partition coefficient (Wildman–Crippen LogP) is 3.18. The highest BCUT2D eigenvalue weighted by atomic mass is 16.5. The highest BCUT2D eigenvalue weighted by Gasteiger charge is 2.18. The molecule has 10 heteroatoms. The molecular weight excluding hydrogens is 434 g/mol. The van der Waals surface area contributed by atoms with Gasteiger partial charge in [0.1, 0.15) is 17.7 Å². The Balaban J connectivity index is 1.49. The number of nitrogens with zero attached hydrogens (tertiary/aromatic N) is 5. The molecule has 0 unspecified atom stereocenters. The molecule has 0 bridgehead atoms. The predicted molar refractivity (Wildman–Crippen MR) is 130 cm³/mol. The average Bonchev–Trinajstić information content (AvgIpc) is 3.37. The number of carbonyl (C=O) groups excluding carboxylic acids is 1. The summed E-state index contributed by atoms with van der Waals surface area (Å²) in [4.78, 5) is 16.6. The summed E-state index contributed by atoms with van der Waals surface area (Å²) in [6, 6.07) is 6.07. The molecule has 0 fully saturated rings. The van der Waals surface area contributed by atoms with E-state index in [0.29, 0.717) is 24.6 Å². The van der Waals surface area contributed by atoms with Crippen LogP contribution in [0.4, 0.5) is 5.82 Å².